The highest BCUT2D eigenvalue weighted by Crippen LogP contribution is 2.30. The van der Waals surface area contributed by atoms with Gasteiger partial charge in [-0.25, -0.2) is 0 Å². The molecule has 0 radical (unpaired) electrons. The average Bonchev–Trinajstić information content (AvgIpc) is 2.30. The Morgan fingerprint density at radius 1 is 1.40 bits per heavy atom. The zero-order valence-corrected chi connectivity index (χ0v) is 8.77. The number of aliphatic hydroxyl groups is 1. The molecule has 4 nitrogen and oxygen atoms in total. The number of nitrogens with zero attached hydrogens (tertiary/aromatic N) is 1. The van der Waals surface area contributed by atoms with Gasteiger partial charge >= 0.3 is 0 Å². The zero-order valence-electron chi connectivity index (χ0n) is 8.77. The molecule has 4 heteroatoms. The lowest BCUT2D eigenvalue weighted by atomic mass is 9.90. The summed E-state index contributed by atoms with van der Waals surface area (Å²) in [5.41, 5.74) is -0.128. The van der Waals surface area contributed by atoms with Crippen LogP contribution in [0.1, 0.15) is 18.5 Å². The predicted octanol–water partition coefficient (Wildman–Crippen LogP) is 1.09. The Kier molecular flexibility index (Phi) is 2.88. The fourth-order valence-electron chi connectivity index (χ4n) is 1.74. The lowest BCUT2D eigenvalue weighted by Crippen LogP contribution is -2.34. The maximum absolute atomic E-state index is 10.3. The molecule has 1 aliphatic rings. The molecule has 82 valence electrons. The van der Waals surface area contributed by atoms with Gasteiger partial charge in [-0.2, -0.15) is 0 Å². The summed E-state index contributed by atoms with van der Waals surface area (Å²) in [6, 6.07) is 3.62. The molecule has 0 bridgehead atoms. The second kappa shape index (κ2) is 4.16. The van der Waals surface area contributed by atoms with E-state index in [-0.39, 0.29) is 0 Å². The number of hydrogen-bond donors (Lipinski definition) is 1. The highest BCUT2D eigenvalue weighted by Gasteiger charge is 2.32. The Hall–Kier alpha value is -1.13. The Morgan fingerprint density at radius 3 is 2.67 bits per heavy atom. The first-order valence-corrected chi connectivity index (χ1v) is 5.05. The third-order valence-corrected chi connectivity index (χ3v) is 2.77. The van der Waals surface area contributed by atoms with E-state index >= 15 is 0 Å². The summed E-state index contributed by atoms with van der Waals surface area (Å²) in [6.07, 6.45) is 2.83. The van der Waals surface area contributed by atoms with Crippen LogP contribution < -0.4 is 4.74 Å². The number of pyridine rings is 1. The van der Waals surface area contributed by atoms with Crippen LogP contribution in [0.3, 0.4) is 0 Å². The normalized spacial score (nSPS) is 19.9. The van der Waals surface area contributed by atoms with Crippen molar-refractivity contribution >= 4 is 0 Å². The molecule has 0 aromatic carbocycles. The van der Waals surface area contributed by atoms with Gasteiger partial charge in [-0.1, -0.05) is 0 Å². The molecule has 0 aliphatic carbocycles. The highest BCUT2D eigenvalue weighted by atomic mass is 16.5. The molecule has 1 aromatic rings. The molecule has 1 saturated heterocycles. The zero-order chi connectivity index (χ0) is 10.7. The van der Waals surface area contributed by atoms with Crippen molar-refractivity contribution in [3.63, 3.8) is 0 Å². The summed E-state index contributed by atoms with van der Waals surface area (Å²) in [5, 5.41) is 10.3. The Bertz CT molecular complexity index is 317. The summed E-state index contributed by atoms with van der Waals surface area (Å²) in [7, 11) is 1.60. The number of aromatic nitrogens is 1. The first kappa shape index (κ1) is 10.4. The molecule has 1 fully saturated rings. The minimum Gasteiger partial charge on any atom is -0.495 e. The number of ether oxygens (including phenoxy) is 2. The highest BCUT2D eigenvalue weighted by molar-refractivity contribution is 5.23. The van der Waals surface area contributed by atoms with Gasteiger partial charge in [0.15, 0.2) is 0 Å². The molecular formula is C11H15NO3. The molecular weight excluding hydrogens is 194 g/mol. The van der Waals surface area contributed by atoms with Gasteiger partial charge in [0, 0.05) is 26.1 Å². The molecule has 2 rings (SSSR count). The molecule has 0 amide bonds. The van der Waals surface area contributed by atoms with Crippen LogP contribution >= 0.6 is 0 Å². The quantitative estimate of drug-likeness (QED) is 0.792. The monoisotopic (exact) mass is 209 g/mol. The van der Waals surface area contributed by atoms with Crippen molar-refractivity contribution in [2.45, 2.75) is 18.4 Å². The van der Waals surface area contributed by atoms with Gasteiger partial charge in [-0.3, -0.25) is 4.98 Å². The molecule has 0 unspecified atom stereocenters. The van der Waals surface area contributed by atoms with E-state index in [1.54, 1.807) is 13.3 Å². The first-order chi connectivity index (χ1) is 7.24. The van der Waals surface area contributed by atoms with E-state index in [4.69, 9.17) is 9.47 Å². The van der Waals surface area contributed by atoms with Crippen molar-refractivity contribution in [1.29, 1.82) is 0 Å². The standard InChI is InChI=1S/C11H15NO3/c1-14-9-2-3-10(12-8-9)11(13)4-6-15-7-5-11/h2-3,8,13H,4-7H2,1H3. The topological polar surface area (TPSA) is 51.6 Å². The van der Waals surface area contributed by atoms with Crippen molar-refractivity contribution in [3.8, 4) is 5.75 Å². The van der Waals surface area contributed by atoms with Crippen LogP contribution in [0.5, 0.6) is 5.75 Å². The summed E-state index contributed by atoms with van der Waals surface area (Å²) >= 11 is 0. The van der Waals surface area contributed by atoms with Crippen molar-refractivity contribution in [2.24, 2.45) is 0 Å². The van der Waals surface area contributed by atoms with E-state index in [0.717, 1.165) is 0 Å². The number of rotatable bonds is 2. The molecule has 0 saturated carbocycles. The van der Waals surface area contributed by atoms with Crippen LogP contribution in [-0.4, -0.2) is 30.4 Å². The molecule has 0 spiro atoms. The van der Waals surface area contributed by atoms with E-state index in [1.165, 1.54) is 0 Å². The Balaban J connectivity index is 2.20. The van der Waals surface area contributed by atoms with Gasteiger partial charge < -0.3 is 14.6 Å². The van der Waals surface area contributed by atoms with Crippen LogP contribution in [0.15, 0.2) is 18.3 Å². The first-order valence-electron chi connectivity index (χ1n) is 5.05. The average molecular weight is 209 g/mol. The van der Waals surface area contributed by atoms with E-state index in [9.17, 15) is 5.11 Å². The van der Waals surface area contributed by atoms with E-state index in [2.05, 4.69) is 4.98 Å². The molecule has 0 atom stereocenters. The van der Waals surface area contributed by atoms with Crippen LogP contribution in [0.2, 0.25) is 0 Å². The summed E-state index contributed by atoms with van der Waals surface area (Å²) < 4.78 is 10.2. The Labute approximate surface area is 88.9 Å². The van der Waals surface area contributed by atoms with E-state index in [1.807, 2.05) is 12.1 Å². The van der Waals surface area contributed by atoms with Gasteiger partial charge in [0.2, 0.25) is 0 Å². The van der Waals surface area contributed by atoms with Gasteiger partial charge in [-0.15, -0.1) is 0 Å². The maximum Gasteiger partial charge on any atom is 0.137 e. The largest absolute Gasteiger partial charge is 0.495 e. The van der Waals surface area contributed by atoms with Gasteiger partial charge in [0.1, 0.15) is 11.4 Å². The van der Waals surface area contributed by atoms with Crippen LogP contribution in [0.4, 0.5) is 0 Å². The maximum atomic E-state index is 10.3. The lowest BCUT2D eigenvalue weighted by Gasteiger charge is -2.31. The third-order valence-electron chi connectivity index (χ3n) is 2.77. The predicted molar refractivity (Wildman–Crippen MR) is 54.7 cm³/mol. The minimum atomic E-state index is -0.829. The fourth-order valence-corrected chi connectivity index (χ4v) is 1.74. The number of hydrogen-bond acceptors (Lipinski definition) is 4. The van der Waals surface area contributed by atoms with Gasteiger partial charge in [-0.05, 0) is 12.1 Å². The van der Waals surface area contributed by atoms with Crippen molar-refractivity contribution in [1.82, 2.24) is 4.98 Å². The second-order valence-electron chi connectivity index (χ2n) is 3.73. The van der Waals surface area contributed by atoms with Crippen LogP contribution in [-0.2, 0) is 10.3 Å². The SMILES string of the molecule is COc1ccc(C2(O)CCOCC2)nc1. The van der Waals surface area contributed by atoms with Gasteiger partial charge in [0.25, 0.3) is 0 Å². The summed E-state index contributed by atoms with van der Waals surface area (Å²) in [6.45, 7) is 1.18. The molecule has 15 heavy (non-hydrogen) atoms. The van der Waals surface area contributed by atoms with E-state index in [0.29, 0.717) is 37.5 Å². The lowest BCUT2D eigenvalue weighted by molar-refractivity contribution is -0.0705. The number of methoxy groups -OCH3 is 1. The van der Waals surface area contributed by atoms with Crippen molar-refractivity contribution in [2.75, 3.05) is 20.3 Å². The minimum absolute atomic E-state index is 0.588. The molecule has 2 heterocycles. The van der Waals surface area contributed by atoms with Crippen LogP contribution in [0.25, 0.3) is 0 Å². The smallest absolute Gasteiger partial charge is 0.137 e. The summed E-state index contributed by atoms with van der Waals surface area (Å²) in [4.78, 5) is 4.21. The molecule has 1 aromatic heterocycles. The fraction of sp³-hybridized carbons (Fsp3) is 0.545. The third kappa shape index (κ3) is 2.11. The second-order valence-corrected chi connectivity index (χ2v) is 3.73. The Morgan fingerprint density at radius 2 is 2.13 bits per heavy atom. The summed E-state index contributed by atoms with van der Waals surface area (Å²) in [5.74, 6) is 0.703. The van der Waals surface area contributed by atoms with Gasteiger partial charge in [0.05, 0.1) is 19.0 Å². The molecule has 1 N–H and O–H groups in total. The molecule has 1 aliphatic heterocycles. The van der Waals surface area contributed by atoms with Crippen LogP contribution in [0, 0.1) is 0 Å². The van der Waals surface area contributed by atoms with E-state index < -0.39 is 5.60 Å². The van der Waals surface area contributed by atoms with Crippen molar-refractivity contribution < 1.29 is 14.6 Å². The van der Waals surface area contributed by atoms with Crippen molar-refractivity contribution in [3.05, 3.63) is 24.0 Å².